The van der Waals surface area contributed by atoms with E-state index < -0.39 is 0 Å². The van der Waals surface area contributed by atoms with Crippen LogP contribution in [-0.4, -0.2) is 22.9 Å². The summed E-state index contributed by atoms with van der Waals surface area (Å²) in [6.07, 6.45) is 6.12. The zero-order valence-electron chi connectivity index (χ0n) is 12.7. The molecule has 0 unspecified atom stereocenters. The predicted octanol–water partition coefficient (Wildman–Crippen LogP) is 3.42. The van der Waals surface area contributed by atoms with Gasteiger partial charge in [-0.15, -0.1) is 12.4 Å². The third-order valence-electron chi connectivity index (χ3n) is 3.27. The van der Waals surface area contributed by atoms with Crippen LogP contribution in [0.5, 0.6) is 5.75 Å². The van der Waals surface area contributed by atoms with E-state index in [9.17, 15) is 0 Å². The predicted molar refractivity (Wildman–Crippen MR) is 89.1 cm³/mol. The van der Waals surface area contributed by atoms with Crippen LogP contribution < -0.4 is 10.5 Å². The molecule has 0 aliphatic rings. The van der Waals surface area contributed by atoms with Crippen LogP contribution in [0.2, 0.25) is 0 Å². The largest absolute Gasteiger partial charge is 0.493 e. The van der Waals surface area contributed by atoms with Crippen LogP contribution in [0.15, 0.2) is 30.6 Å². The summed E-state index contributed by atoms with van der Waals surface area (Å²) < 4.78 is 7.71. The van der Waals surface area contributed by atoms with E-state index in [2.05, 4.69) is 37.1 Å². The van der Waals surface area contributed by atoms with Crippen molar-refractivity contribution in [1.29, 1.82) is 0 Å². The van der Waals surface area contributed by atoms with Crippen molar-refractivity contribution in [2.45, 2.75) is 33.2 Å². The van der Waals surface area contributed by atoms with Crippen molar-refractivity contribution in [3.05, 3.63) is 36.2 Å². The molecule has 0 saturated carbocycles. The monoisotopic (exact) mass is 309 g/mol. The molecule has 5 heteroatoms. The minimum absolute atomic E-state index is 0. The first kappa shape index (κ1) is 17.5. The SMILES string of the molecule is CCCCOc1cc(-c2cnn(CCN)c2)ccc1C.Cl. The van der Waals surface area contributed by atoms with Crippen LogP contribution in [-0.2, 0) is 6.54 Å². The van der Waals surface area contributed by atoms with Crippen molar-refractivity contribution in [1.82, 2.24) is 9.78 Å². The van der Waals surface area contributed by atoms with Gasteiger partial charge in [0.1, 0.15) is 5.75 Å². The number of nitrogens with zero attached hydrogens (tertiary/aromatic N) is 2. The van der Waals surface area contributed by atoms with Gasteiger partial charge in [0, 0.05) is 18.3 Å². The number of rotatable bonds is 7. The van der Waals surface area contributed by atoms with Crippen LogP contribution in [0.25, 0.3) is 11.1 Å². The Morgan fingerprint density at radius 1 is 1.29 bits per heavy atom. The smallest absolute Gasteiger partial charge is 0.122 e. The molecule has 0 radical (unpaired) electrons. The van der Waals surface area contributed by atoms with E-state index in [4.69, 9.17) is 10.5 Å². The molecule has 0 fully saturated rings. The Bertz CT molecular complexity index is 554. The lowest BCUT2D eigenvalue weighted by Crippen LogP contribution is -2.09. The molecule has 21 heavy (non-hydrogen) atoms. The van der Waals surface area contributed by atoms with Crippen molar-refractivity contribution in [2.24, 2.45) is 5.73 Å². The zero-order valence-corrected chi connectivity index (χ0v) is 13.5. The zero-order chi connectivity index (χ0) is 14.4. The number of halogens is 1. The molecule has 1 aromatic heterocycles. The maximum atomic E-state index is 5.85. The number of unbranched alkanes of at least 4 members (excludes halogenated alkanes) is 1. The molecule has 1 heterocycles. The van der Waals surface area contributed by atoms with Gasteiger partial charge in [-0.2, -0.15) is 5.10 Å². The molecule has 2 aromatic rings. The van der Waals surface area contributed by atoms with Gasteiger partial charge in [-0.05, 0) is 30.5 Å². The van der Waals surface area contributed by atoms with Gasteiger partial charge < -0.3 is 10.5 Å². The fraction of sp³-hybridized carbons (Fsp3) is 0.438. The lowest BCUT2D eigenvalue weighted by Gasteiger charge is -2.10. The third kappa shape index (κ3) is 4.76. The minimum Gasteiger partial charge on any atom is -0.493 e. The number of hydrogen-bond donors (Lipinski definition) is 1. The van der Waals surface area contributed by atoms with Crippen molar-refractivity contribution in [2.75, 3.05) is 13.2 Å². The number of nitrogens with two attached hydrogens (primary N) is 1. The molecular weight excluding hydrogens is 286 g/mol. The van der Waals surface area contributed by atoms with E-state index in [-0.39, 0.29) is 12.4 Å². The van der Waals surface area contributed by atoms with Gasteiger partial charge in [0.05, 0.1) is 19.3 Å². The van der Waals surface area contributed by atoms with E-state index in [1.165, 1.54) is 5.56 Å². The van der Waals surface area contributed by atoms with Crippen molar-refractivity contribution < 1.29 is 4.74 Å². The maximum Gasteiger partial charge on any atom is 0.122 e. The summed E-state index contributed by atoms with van der Waals surface area (Å²) in [5, 5.41) is 4.31. The third-order valence-corrected chi connectivity index (χ3v) is 3.27. The molecule has 4 nitrogen and oxygen atoms in total. The second-order valence-electron chi connectivity index (χ2n) is 4.96. The average molecular weight is 310 g/mol. The van der Waals surface area contributed by atoms with Crippen LogP contribution in [0.3, 0.4) is 0 Å². The fourth-order valence-electron chi connectivity index (χ4n) is 2.03. The first-order valence-electron chi connectivity index (χ1n) is 7.21. The van der Waals surface area contributed by atoms with E-state index in [1.54, 1.807) is 0 Å². The summed E-state index contributed by atoms with van der Waals surface area (Å²) in [6, 6.07) is 6.29. The highest BCUT2D eigenvalue weighted by atomic mass is 35.5. The number of benzene rings is 1. The van der Waals surface area contributed by atoms with Gasteiger partial charge in [-0.25, -0.2) is 0 Å². The Labute approximate surface area is 132 Å². The quantitative estimate of drug-likeness (QED) is 0.797. The van der Waals surface area contributed by atoms with Gasteiger partial charge in [-0.3, -0.25) is 4.68 Å². The summed E-state index contributed by atoms with van der Waals surface area (Å²) >= 11 is 0. The normalized spacial score (nSPS) is 10.2. The summed E-state index contributed by atoms with van der Waals surface area (Å²) in [5.41, 5.74) is 8.93. The van der Waals surface area contributed by atoms with E-state index in [0.717, 1.165) is 42.9 Å². The lowest BCUT2D eigenvalue weighted by molar-refractivity contribution is 0.307. The minimum atomic E-state index is 0. The second-order valence-corrected chi connectivity index (χ2v) is 4.96. The van der Waals surface area contributed by atoms with Crippen LogP contribution in [0.1, 0.15) is 25.3 Å². The molecule has 0 aliphatic heterocycles. The molecule has 2 N–H and O–H groups in total. The highest BCUT2D eigenvalue weighted by Gasteiger charge is 2.06. The molecule has 0 amide bonds. The molecule has 1 aromatic carbocycles. The maximum absolute atomic E-state index is 5.85. The molecule has 0 aliphatic carbocycles. The first-order valence-corrected chi connectivity index (χ1v) is 7.21. The Kier molecular flexibility index (Phi) is 7.26. The first-order chi connectivity index (χ1) is 9.74. The fourth-order valence-corrected chi connectivity index (χ4v) is 2.03. The Balaban J connectivity index is 0.00000220. The topological polar surface area (TPSA) is 53.1 Å². The Hall–Kier alpha value is -1.52. The second kappa shape index (κ2) is 8.70. The van der Waals surface area contributed by atoms with Crippen LogP contribution in [0.4, 0.5) is 0 Å². The van der Waals surface area contributed by atoms with E-state index >= 15 is 0 Å². The van der Waals surface area contributed by atoms with Crippen molar-refractivity contribution in [3.63, 3.8) is 0 Å². The number of ether oxygens (including phenoxy) is 1. The van der Waals surface area contributed by atoms with Crippen LogP contribution >= 0.6 is 12.4 Å². The summed E-state index contributed by atoms with van der Waals surface area (Å²) in [4.78, 5) is 0. The highest BCUT2D eigenvalue weighted by molar-refractivity contribution is 5.85. The summed E-state index contributed by atoms with van der Waals surface area (Å²) in [5.74, 6) is 0.961. The average Bonchev–Trinajstić information content (AvgIpc) is 2.90. The standard InChI is InChI=1S/C16H23N3O.ClH/c1-3-4-9-20-16-10-14(6-5-13(16)2)15-11-18-19(12-15)8-7-17;/h5-6,10-12H,3-4,7-9,17H2,1-2H3;1H. The van der Waals surface area contributed by atoms with Crippen LogP contribution in [0, 0.1) is 6.92 Å². The number of aryl methyl sites for hydroxylation is 1. The van der Waals surface area contributed by atoms with Gasteiger partial charge in [-0.1, -0.05) is 25.5 Å². The molecule has 0 saturated heterocycles. The lowest BCUT2D eigenvalue weighted by atomic mass is 10.1. The molecule has 0 spiro atoms. The van der Waals surface area contributed by atoms with Gasteiger partial charge in [0.2, 0.25) is 0 Å². The molecule has 116 valence electrons. The number of aromatic nitrogens is 2. The van der Waals surface area contributed by atoms with Gasteiger partial charge in [0.15, 0.2) is 0 Å². The van der Waals surface area contributed by atoms with Gasteiger partial charge >= 0.3 is 0 Å². The number of hydrogen-bond acceptors (Lipinski definition) is 3. The van der Waals surface area contributed by atoms with Crippen molar-refractivity contribution >= 4 is 12.4 Å². The molecule has 0 atom stereocenters. The van der Waals surface area contributed by atoms with E-state index in [1.807, 2.05) is 17.1 Å². The molecule has 0 bridgehead atoms. The Morgan fingerprint density at radius 3 is 2.81 bits per heavy atom. The molecular formula is C16H24ClN3O. The summed E-state index contributed by atoms with van der Waals surface area (Å²) in [6.45, 7) is 6.35. The Morgan fingerprint density at radius 2 is 2.10 bits per heavy atom. The molecule has 2 rings (SSSR count). The van der Waals surface area contributed by atoms with Gasteiger partial charge in [0.25, 0.3) is 0 Å². The highest BCUT2D eigenvalue weighted by Crippen LogP contribution is 2.26. The summed E-state index contributed by atoms with van der Waals surface area (Å²) in [7, 11) is 0. The van der Waals surface area contributed by atoms with Crippen molar-refractivity contribution in [3.8, 4) is 16.9 Å². The van der Waals surface area contributed by atoms with E-state index in [0.29, 0.717) is 6.54 Å².